The molecule has 5 nitrogen and oxygen atoms in total. The second-order valence-corrected chi connectivity index (χ2v) is 5.61. The number of benzene rings is 1. The van der Waals surface area contributed by atoms with E-state index in [0.29, 0.717) is 30.3 Å². The first kappa shape index (κ1) is 19.6. The highest BCUT2D eigenvalue weighted by Gasteiger charge is 2.21. The van der Waals surface area contributed by atoms with Crippen LogP contribution in [0.15, 0.2) is 18.2 Å². The lowest BCUT2D eigenvalue weighted by atomic mass is 9.91. The number of hydrogen-bond acceptors (Lipinski definition) is 4. The van der Waals surface area contributed by atoms with Crippen LogP contribution in [0.3, 0.4) is 0 Å². The van der Waals surface area contributed by atoms with Crippen molar-refractivity contribution in [3.8, 4) is 11.5 Å². The van der Waals surface area contributed by atoms with Crippen molar-refractivity contribution in [3.05, 3.63) is 23.8 Å². The van der Waals surface area contributed by atoms with Crippen molar-refractivity contribution in [1.82, 2.24) is 5.32 Å². The molecule has 0 heterocycles. The molecule has 23 heavy (non-hydrogen) atoms. The van der Waals surface area contributed by atoms with Gasteiger partial charge in [0.25, 0.3) is 5.91 Å². The predicted molar refractivity (Wildman–Crippen MR) is 93.7 cm³/mol. The van der Waals surface area contributed by atoms with Crippen molar-refractivity contribution in [2.45, 2.75) is 51.6 Å². The molecule has 1 aliphatic rings. The van der Waals surface area contributed by atoms with E-state index in [9.17, 15) is 4.79 Å². The van der Waals surface area contributed by atoms with E-state index < -0.39 is 0 Å². The lowest BCUT2D eigenvalue weighted by Crippen LogP contribution is -2.40. The second kappa shape index (κ2) is 9.63. The van der Waals surface area contributed by atoms with Gasteiger partial charge >= 0.3 is 0 Å². The highest BCUT2D eigenvalue weighted by molar-refractivity contribution is 5.95. The van der Waals surface area contributed by atoms with Gasteiger partial charge < -0.3 is 20.5 Å². The predicted octanol–water partition coefficient (Wildman–Crippen LogP) is 2.91. The number of halogens is 1. The Labute approximate surface area is 144 Å². The summed E-state index contributed by atoms with van der Waals surface area (Å²) in [6, 6.07) is 5.81. The van der Waals surface area contributed by atoms with Crippen LogP contribution in [0.25, 0.3) is 0 Å². The lowest BCUT2D eigenvalue weighted by Gasteiger charge is -2.26. The number of rotatable bonds is 6. The first-order chi connectivity index (χ1) is 10.6. The molecule has 0 spiro atoms. The number of carbonyl (C=O) groups excluding carboxylic acids is 1. The van der Waals surface area contributed by atoms with E-state index in [0.717, 1.165) is 25.7 Å². The summed E-state index contributed by atoms with van der Waals surface area (Å²) in [6.07, 6.45) is 3.83. The molecule has 1 fully saturated rings. The van der Waals surface area contributed by atoms with E-state index >= 15 is 0 Å². The lowest BCUT2D eigenvalue weighted by molar-refractivity contribution is 0.0925. The van der Waals surface area contributed by atoms with Gasteiger partial charge in [-0.15, -0.1) is 12.4 Å². The van der Waals surface area contributed by atoms with E-state index in [-0.39, 0.29) is 30.4 Å². The van der Waals surface area contributed by atoms with E-state index in [1.807, 2.05) is 13.8 Å². The monoisotopic (exact) mass is 342 g/mol. The first-order valence-electron chi connectivity index (χ1n) is 8.10. The molecule has 130 valence electrons. The van der Waals surface area contributed by atoms with Crippen molar-refractivity contribution in [2.75, 3.05) is 13.2 Å². The molecule has 1 aromatic rings. The number of carbonyl (C=O) groups is 1. The largest absolute Gasteiger partial charge is 0.490 e. The summed E-state index contributed by atoms with van der Waals surface area (Å²) in [5, 5.41) is 3.09. The minimum atomic E-state index is -0.0653. The topological polar surface area (TPSA) is 73.6 Å². The Morgan fingerprint density at radius 3 is 2.35 bits per heavy atom. The van der Waals surface area contributed by atoms with Crippen molar-refractivity contribution < 1.29 is 14.3 Å². The molecule has 0 bridgehead atoms. The summed E-state index contributed by atoms with van der Waals surface area (Å²) in [5.74, 6) is 1.22. The molecule has 0 aliphatic heterocycles. The SMILES string of the molecule is CCOc1ccc(C(=O)NC2CCC(N)CC2)cc1OCC.Cl. The Balaban J connectivity index is 0.00000264. The van der Waals surface area contributed by atoms with Crippen molar-refractivity contribution >= 4 is 18.3 Å². The smallest absolute Gasteiger partial charge is 0.251 e. The third kappa shape index (κ3) is 5.59. The van der Waals surface area contributed by atoms with Gasteiger partial charge in [-0.25, -0.2) is 0 Å². The molecule has 3 N–H and O–H groups in total. The molecule has 2 rings (SSSR count). The number of ether oxygens (including phenoxy) is 2. The van der Waals surface area contributed by atoms with Crippen LogP contribution in [0.4, 0.5) is 0 Å². The third-order valence-electron chi connectivity index (χ3n) is 3.91. The average Bonchev–Trinajstić information content (AvgIpc) is 2.51. The maximum absolute atomic E-state index is 12.4. The number of hydrogen-bond donors (Lipinski definition) is 2. The number of nitrogens with one attached hydrogen (secondary N) is 1. The Morgan fingerprint density at radius 2 is 1.74 bits per heavy atom. The molecule has 0 saturated heterocycles. The zero-order chi connectivity index (χ0) is 15.9. The molecule has 0 unspecified atom stereocenters. The number of amides is 1. The van der Waals surface area contributed by atoms with E-state index in [4.69, 9.17) is 15.2 Å². The van der Waals surface area contributed by atoms with E-state index in [1.54, 1.807) is 18.2 Å². The van der Waals surface area contributed by atoms with Crippen LogP contribution in [-0.2, 0) is 0 Å². The minimum Gasteiger partial charge on any atom is -0.490 e. The molecule has 0 atom stereocenters. The minimum absolute atomic E-state index is 0. The molecular weight excluding hydrogens is 316 g/mol. The Bertz CT molecular complexity index is 503. The van der Waals surface area contributed by atoms with Crippen molar-refractivity contribution in [1.29, 1.82) is 0 Å². The van der Waals surface area contributed by atoms with Crippen molar-refractivity contribution in [3.63, 3.8) is 0 Å². The maximum atomic E-state index is 12.4. The van der Waals surface area contributed by atoms with E-state index in [1.165, 1.54) is 0 Å². The highest BCUT2D eigenvalue weighted by Crippen LogP contribution is 2.28. The Hall–Kier alpha value is -1.46. The summed E-state index contributed by atoms with van der Waals surface area (Å²) < 4.78 is 11.1. The second-order valence-electron chi connectivity index (χ2n) is 5.61. The summed E-state index contributed by atoms with van der Waals surface area (Å²) in [7, 11) is 0. The fourth-order valence-electron chi connectivity index (χ4n) is 2.72. The van der Waals surface area contributed by atoms with Gasteiger partial charge in [0.05, 0.1) is 13.2 Å². The zero-order valence-corrected chi connectivity index (χ0v) is 14.7. The fourth-order valence-corrected chi connectivity index (χ4v) is 2.72. The average molecular weight is 343 g/mol. The van der Waals surface area contributed by atoms with Gasteiger partial charge in [0.1, 0.15) is 0 Å². The standard InChI is InChI=1S/C17H26N2O3.ClH/c1-3-21-15-10-5-12(11-16(15)22-4-2)17(20)19-14-8-6-13(18)7-9-14;/h5,10-11,13-14H,3-4,6-9,18H2,1-2H3,(H,19,20);1H. The van der Waals surface area contributed by atoms with Gasteiger partial charge in [0.2, 0.25) is 0 Å². The molecule has 1 aliphatic carbocycles. The first-order valence-corrected chi connectivity index (χ1v) is 8.10. The normalized spacial score (nSPS) is 20.3. The van der Waals surface area contributed by atoms with Crippen LogP contribution in [0.5, 0.6) is 11.5 Å². The van der Waals surface area contributed by atoms with Crippen molar-refractivity contribution in [2.24, 2.45) is 5.73 Å². The molecule has 1 aromatic carbocycles. The summed E-state index contributed by atoms with van der Waals surface area (Å²) >= 11 is 0. The summed E-state index contributed by atoms with van der Waals surface area (Å²) in [6.45, 7) is 4.93. The molecule has 0 radical (unpaired) electrons. The van der Waals surface area contributed by atoms with Gasteiger partial charge in [-0.05, 0) is 57.7 Å². The molecule has 0 aromatic heterocycles. The van der Waals surface area contributed by atoms with Gasteiger partial charge in [0, 0.05) is 17.6 Å². The van der Waals surface area contributed by atoms with Gasteiger partial charge in [-0.1, -0.05) is 0 Å². The van der Waals surface area contributed by atoms with Gasteiger partial charge in [0.15, 0.2) is 11.5 Å². The van der Waals surface area contributed by atoms with Crippen LogP contribution in [0.2, 0.25) is 0 Å². The van der Waals surface area contributed by atoms with Crippen LogP contribution < -0.4 is 20.5 Å². The maximum Gasteiger partial charge on any atom is 0.251 e. The van der Waals surface area contributed by atoms with Crippen LogP contribution >= 0.6 is 12.4 Å². The Kier molecular flexibility index (Phi) is 8.20. The van der Waals surface area contributed by atoms with Crippen LogP contribution in [0, 0.1) is 0 Å². The Morgan fingerprint density at radius 1 is 1.13 bits per heavy atom. The van der Waals surface area contributed by atoms with Gasteiger partial charge in [-0.3, -0.25) is 4.79 Å². The zero-order valence-electron chi connectivity index (χ0n) is 13.8. The third-order valence-corrected chi connectivity index (χ3v) is 3.91. The highest BCUT2D eigenvalue weighted by atomic mass is 35.5. The number of nitrogens with two attached hydrogens (primary N) is 1. The molecule has 6 heteroatoms. The van der Waals surface area contributed by atoms with Crippen LogP contribution in [0.1, 0.15) is 49.9 Å². The molecule has 1 amide bonds. The summed E-state index contributed by atoms with van der Waals surface area (Å²) in [5.41, 5.74) is 6.49. The van der Waals surface area contributed by atoms with E-state index in [2.05, 4.69) is 5.32 Å². The van der Waals surface area contributed by atoms with Gasteiger partial charge in [-0.2, -0.15) is 0 Å². The fraction of sp³-hybridized carbons (Fsp3) is 0.588. The quantitative estimate of drug-likeness (QED) is 0.833. The molecular formula is C17H27ClN2O3. The van der Waals surface area contributed by atoms with Crippen LogP contribution in [-0.4, -0.2) is 31.2 Å². The summed E-state index contributed by atoms with van der Waals surface area (Å²) in [4.78, 5) is 12.4. The molecule has 1 saturated carbocycles.